The van der Waals surface area contributed by atoms with Crippen LogP contribution in [0.25, 0.3) is 11.0 Å². The average molecular weight is 300 g/mol. The van der Waals surface area contributed by atoms with Crippen molar-refractivity contribution in [3.63, 3.8) is 0 Å². The molecule has 1 unspecified atom stereocenters. The molecule has 6 nitrogen and oxygen atoms in total. The van der Waals surface area contributed by atoms with Gasteiger partial charge in [-0.2, -0.15) is 5.26 Å². The minimum atomic E-state index is -0.511. The van der Waals surface area contributed by atoms with Crippen LogP contribution in [0.2, 0.25) is 0 Å². The number of hydrogen-bond donors (Lipinski definition) is 1. The molecule has 1 N–H and O–H groups in total. The molecule has 1 aromatic carbocycles. The highest BCUT2D eigenvalue weighted by Gasteiger charge is 2.34. The molecule has 0 spiro atoms. The summed E-state index contributed by atoms with van der Waals surface area (Å²) >= 11 is 5.30. The molecule has 0 aliphatic carbocycles. The third-order valence-electron chi connectivity index (χ3n) is 3.78. The van der Waals surface area contributed by atoms with E-state index in [4.69, 9.17) is 17.5 Å². The van der Waals surface area contributed by atoms with Gasteiger partial charge in [-0.15, -0.1) is 0 Å². The molecule has 2 heterocycles. The summed E-state index contributed by atoms with van der Waals surface area (Å²) in [6.45, 7) is 0. The number of amides is 2. The third-order valence-corrected chi connectivity index (χ3v) is 4.08. The number of H-pyrrole nitrogens is 1. The number of fused-ring (bicyclic) bond motifs is 1. The van der Waals surface area contributed by atoms with Gasteiger partial charge in [0.25, 0.3) is 5.91 Å². The Kier molecular flexibility index (Phi) is 3.11. The van der Waals surface area contributed by atoms with Crippen LogP contribution in [0.4, 0.5) is 0 Å². The second-order valence-corrected chi connectivity index (χ2v) is 5.38. The molecule has 0 radical (unpaired) electrons. The number of nitrogens with one attached hydrogen (secondary N) is 1. The first-order valence-electron chi connectivity index (χ1n) is 6.47. The number of rotatable bonds is 1. The molecule has 3 rings (SSSR count). The summed E-state index contributed by atoms with van der Waals surface area (Å²) in [7, 11) is 1.48. The summed E-state index contributed by atoms with van der Waals surface area (Å²) < 4.78 is 2.12. The summed E-state index contributed by atoms with van der Waals surface area (Å²) in [5, 5.41) is 9.02. The maximum absolute atomic E-state index is 12.3. The Morgan fingerprint density at radius 1 is 1.43 bits per heavy atom. The second-order valence-electron chi connectivity index (χ2n) is 4.99. The molecule has 2 aromatic rings. The summed E-state index contributed by atoms with van der Waals surface area (Å²) in [5.74, 6) is -0.453. The van der Waals surface area contributed by atoms with E-state index < -0.39 is 6.04 Å². The fourth-order valence-electron chi connectivity index (χ4n) is 2.64. The molecule has 0 bridgehead atoms. The molecule has 1 aromatic heterocycles. The molecule has 0 saturated carbocycles. The zero-order valence-corrected chi connectivity index (χ0v) is 12.1. The standard InChI is InChI=1S/C14H12N4O2S/c1-17-12(19)5-4-10(13(17)20)18-11-6-8(7-15)2-3-9(11)16-14(18)21/h2-3,6,10H,4-5H2,1H3,(H,16,21). The van der Waals surface area contributed by atoms with E-state index in [1.54, 1.807) is 22.8 Å². The number of carbonyl (C=O) groups is 2. The van der Waals surface area contributed by atoms with Crippen molar-refractivity contribution in [3.8, 4) is 6.07 Å². The number of aromatic amines is 1. The Hall–Kier alpha value is -2.46. The molecule has 7 heteroatoms. The molecular weight excluding hydrogens is 288 g/mol. The van der Waals surface area contributed by atoms with Gasteiger partial charge in [0.1, 0.15) is 6.04 Å². The van der Waals surface area contributed by atoms with E-state index in [-0.39, 0.29) is 11.8 Å². The van der Waals surface area contributed by atoms with Gasteiger partial charge in [-0.25, -0.2) is 0 Å². The van der Waals surface area contributed by atoms with E-state index in [2.05, 4.69) is 11.1 Å². The normalized spacial score (nSPS) is 19.0. The lowest BCUT2D eigenvalue weighted by Crippen LogP contribution is -2.43. The second kappa shape index (κ2) is 4.82. The van der Waals surface area contributed by atoms with Crippen LogP contribution in [0, 0.1) is 16.1 Å². The van der Waals surface area contributed by atoms with Crippen molar-refractivity contribution in [2.75, 3.05) is 7.05 Å². The van der Waals surface area contributed by atoms with E-state index in [0.717, 1.165) is 10.4 Å². The molecule has 1 aliphatic rings. The van der Waals surface area contributed by atoms with E-state index in [9.17, 15) is 9.59 Å². The van der Waals surface area contributed by atoms with Crippen LogP contribution in [0.15, 0.2) is 18.2 Å². The quantitative estimate of drug-likeness (QED) is 0.644. The third kappa shape index (κ3) is 2.04. The van der Waals surface area contributed by atoms with Crippen LogP contribution in [-0.4, -0.2) is 33.3 Å². The van der Waals surface area contributed by atoms with Gasteiger partial charge in [0.2, 0.25) is 5.91 Å². The number of imidazole rings is 1. The zero-order chi connectivity index (χ0) is 15.1. The fourth-order valence-corrected chi connectivity index (χ4v) is 2.97. The van der Waals surface area contributed by atoms with Crippen molar-refractivity contribution in [2.24, 2.45) is 0 Å². The predicted octanol–water partition coefficient (Wildman–Crippen LogP) is 1.89. The number of nitrogens with zero attached hydrogens (tertiary/aromatic N) is 3. The lowest BCUT2D eigenvalue weighted by molar-refractivity contribution is -0.149. The van der Waals surface area contributed by atoms with Crippen LogP contribution in [0.1, 0.15) is 24.4 Å². The molecule has 21 heavy (non-hydrogen) atoms. The molecule has 106 valence electrons. The Labute approximate surface area is 125 Å². The minimum absolute atomic E-state index is 0.180. The van der Waals surface area contributed by atoms with Gasteiger partial charge in [-0.1, -0.05) is 0 Å². The summed E-state index contributed by atoms with van der Waals surface area (Å²) in [5.41, 5.74) is 1.98. The Balaban J connectivity index is 2.18. The first-order valence-corrected chi connectivity index (χ1v) is 6.88. The Morgan fingerprint density at radius 3 is 2.90 bits per heavy atom. The number of carbonyl (C=O) groups excluding carboxylic acids is 2. The highest BCUT2D eigenvalue weighted by molar-refractivity contribution is 7.71. The molecular formula is C14H12N4O2S. The highest BCUT2D eigenvalue weighted by atomic mass is 32.1. The lowest BCUT2D eigenvalue weighted by Gasteiger charge is -2.28. The van der Waals surface area contributed by atoms with Gasteiger partial charge in [-0.05, 0) is 36.8 Å². The van der Waals surface area contributed by atoms with Crippen LogP contribution in [-0.2, 0) is 9.59 Å². The predicted molar refractivity (Wildman–Crippen MR) is 77.9 cm³/mol. The first-order chi connectivity index (χ1) is 10.0. The van der Waals surface area contributed by atoms with Crippen molar-refractivity contribution in [3.05, 3.63) is 28.5 Å². The van der Waals surface area contributed by atoms with E-state index in [0.29, 0.717) is 28.7 Å². The summed E-state index contributed by atoms with van der Waals surface area (Å²) in [6, 6.07) is 6.72. The first kappa shape index (κ1) is 13.5. The maximum Gasteiger partial charge on any atom is 0.252 e. The smallest absolute Gasteiger partial charge is 0.252 e. The van der Waals surface area contributed by atoms with Crippen LogP contribution < -0.4 is 0 Å². The van der Waals surface area contributed by atoms with E-state index >= 15 is 0 Å². The van der Waals surface area contributed by atoms with Gasteiger partial charge < -0.3 is 9.55 Å². The number of benzene rings is 1. The fraction of sp³-hybridized carbons (Fsp3) is 0.286. The number of likely N-dealkylation sites (tertiary alicyclic amines) is 1. The number of hydrogen-bond acceptors (Lipinski definition) is 4. The largest absolute Gasteiger partial charge is 0.331 e. The Morgan fingerprint density at radius 2 is 2.19 bits per heavy atom. The van der Waals surface area contributed by atoms with Crippen molar-refractivity contribution in [2.45, 2.75) is 18.9 Å². The number of likely N-dealkylation sites (N-methyl/N-ethyl adjacent to an activating group) is 1. The monoisotopic (exact) mass is 300 g/mol. The highest BCUT2D eigenvalue weighted by Crippen LogP contribution is 2.28. The number of piperidine rings is 1. The number of imide groups is 1. The van der Waals surface area contributed by atoms with Crippen LogP contribution >= 0.6 is 12.2 Å². The molecule has 2 amide bonds. The van der Waals surface area contributed by atoms with Crippen LogP contribution in [0.3, 0.4) is 0 Å². The van der Waals surface area contributed by atoms with Crippen molar-refractivity contribution >= 4 is 35.1 Å². The Bertz CT molecular complexity index is 858. The van der Waals surface area contributed by atoms with Crippen LogP contribution in [0.5, 0.6) is 0 Å². The van der Waals surface area contributed by atoms with Gasteiger partial charge in [0.05, 0.1) is 22.7 Å². The average Bonchev–Trinajstić information content (AvgIpc) is 2.80. The molecule has 1 saturated heterocycles. The minimum Gasteiger partial charge on any atom is -0.331 e. The maximum atomic E-state index is 12.3. The topological polar surface area (TPSA) is 81.9 Å². The van der Waals surface area contributed by atoms with Gasteiger partial charge in [0.15, 0.2) is 4.77 Å². The molecule has 1 fully saturated rings. The lowest BCUT2D eigenvalue weighted by atomic mass is 10.0. The van der Waals surface area contributed by atoms with Gasteiger partial charge in [-0.3, -0.25) is 14.5 Å². The summed E-state index contributed by atoms with van der Waals surface area (Å²) in [4.78, 5) is 28.1. The SMILES string of the molecule is CN1C(=O)CCC(n2c(=S)[nH]c3ccc(C#N)cc32)C1=O. The summed E-state index contributed by atoms with van der Waals surface area (Å²) in [6.07, 6.45) is 0.722. The van der Waals surface area contributed by atoms with Crippen molar-refractivity contribution < 1.29 is 9.59 Å². The molecule has 1 aliphatic heterocycles. The van der Waals surface area contributed by atoms with E-state index in [1.165, 1.54) is 7.05 Å². The van der Waals surface area contributed by atoms with Gasteiger partial charge in [0, 0.05) is 13.5 Å². The zero-order valence-electron chi connectivity index (χ0n) is 11.3. The molecule has 1 atom stereocenters. The number of nitriles is 1. The van der Waals surface area contributed by atoms with Crippen molar-refractivity contribution in [1.82, 2.24) is 14.5 Å². The van der Waals surface area contributed by atoms with Gasteiger partial charge >= 0.3 is 0 Å². The van der Waals surface area contributed by atoms with E-state index in [1.807, 2.05) is 0 Å². The van der Waals surface area contributed by atoms with Crippen molar-refractivity contribution in [1.29, 1.82) is 5.26 Å². The number of aromatic nitrogens is 2.